The number of alkyl halides is 6. The Labute approximate surface area is 102 Å². The van der Waals surface area contributed by atoms with Crippen molar-refractivity contribution in [2.24, 2.45) is 11.7 Å². The number of rotatable bonds is 2. The lowest BCUT2D eigenvalue weighted by Gasteiger charge is -2.28. The molecule has 0 saturated heterocycles. The highest BCUT2D eigenvalue weighted by atomic mass is 19.4. The first-order valence-electron chi connectivity index (χ1n) is 4.78. The second-order valence-corrected chi connectivity index (χ2v) is 3.75. The molecule has 0 spiro atoms. The largest absolute Gasteiger partial charge is 0.402 e. The summed E-state index contributed by atoms with van der Waals surface area (Å²) >= 11 is 0. The van der Waals surface area contributed by atoms with Crippen molar-refractivity contribution in [1.82, 2.24) is 0 Å². The Balaban J connectivity index is 3.24. The Bertz CT molecular complexity index is 436. The Morgan fingerprint density at radius 2 is 1.37 bits per heavy atom. The molecule has 0 bridgehead atoms. The van der Waals surface area contributed by atoms with Gasteiger partial charge in [0.1, 0.15) is 11.6 Å². The smallest absolute Gasteiger partial charge is 0.323 e. The topological polar surface area (TPSA) is 26.0 Å². The number of hydrogen-bond donors (Lipinski definition) is 1. The predicted octanol–water partition coefficient (Wildman–Crippen LogP) is 3.71. The highest BCUT2D eigenvalue weighted by Crippen LogP contribution is 2.45. The molecule has 2 N–H and O–H groups in total. The van der Waals surface area contributed by atoms with E-state index in [9.17, 15) is 35.1 Å². The molecule has 1 nitrogen and oxygen atoms in total. The third-order valence-corrected chi connectivity index (χ3v) is 2.39. The minimum atomic E-state index is -5.70. The molecule has 0 aliphatic carbocycles. The van der Waals surface area contributed by atoms with E-state index in [1.165, 1.54) is 0 Å². The van der Waals surface area contributed by atoms with Gasteiger partial charge in [-0.1, -0.05) is 6.07 Å². The number of hydrogen-bond acceptors (Lipinski definition) is 1. The van der Waals surface area contributed by atoms with Gasteiger partial charge in [0, 0.05) is 11.6 Å². The van der Waals surface area contributed by atoms with Gasteiger partial charge in [0.25, 0.3) is 0 Å². The first-order chi connectivity index (χ1) is 8.44. The molecular formula is C10H7F8N. The van der Waals surface area contributed by atoms with Gasteiger partial charge in [-0.15, -0.1) is 0 Å². The van der Waals surface area contributed by atoms with Crippen molar-refractivity contribution < 1.29 is 35.1 Å². The van der Waals surface area contributed by atoms with Crippen LogP contribution in [-0.2, 0) is 0 Å². The third-order valence-electron chi connectivity index (χ3n) is 2.39. The first kappa shape index (κ1) is 15.7. The molecule has 0 radical (unpaired) electrons. The second kappa shape index (κ2) is 4.95. The zero-order valence-electron chi connectivity index (χ0n) is 8.99. The van der Waals surface area contributed by atoms with Gasteiger partial charge in [-0.2, -0.15) is 26.3 Å². The van der Waals surface area contributed by atoms with E-state index < -0.39 is 41.5 Å². The van der Waals surface area contributed by atoms with Crippen LogP contribution in [0.2, 0.25) is 0 Å². The Kier molecular flexibility index (Phi) is 4.08. The molecule has 19 heavy (non-hydrogen) atoms. The Morgan fingerprint density at radius 1 is 0.895 bits per heavy atom. The van der Waals surface area contributed by atoms with Gasteiger partial charge in [0.05, 0.1) is 6.04 Å². The van der Waals surface area contributed by atoms with E-state index >= 15 is 0 Å². The van der Waals surface area contributed by atoms with Crippen LogP contribution in [0, 0.1) is 17.6 Å². The summed E-state index contributed by atoms with van der Waals surface area (Å²) < 4.78 is 99.9. The molecule has 0 fully saturated rings. The van der Waals surface area contributed by atoms with E-state index in [0.717, 1.165) is 0 Å². The van der Waals surface area contributed by atoms with Crippen LogP contribution in [0.3, 0.4) is 0 Å². The molecule has 0 aliphatic heterocycles. The molecule has 1 rings (SSSR count). The predicted molar refractivity (Wildman–Crippen MR) is 48.9 cm³/mol. The van der Waals surface area contributed by atoms with Gasteiger partial charge >= 0.3 is 12.4 Å². The SMILES string of the molecule is NC(c1ccc(F)cc1F)C(C(F)(F)F)C(F)(F)F. The van der Waals surface area contributed by atoms with Crippen LogP contribution in [0.15, 0.2) is 18.2 Å². The molecule has 1 atom stereocenters. The monoisotopic (exact) mass is 293 g/mol. The summed E-state index contributed by atoms with van der Waals surface area (Å²) in [5.74, 6) is -6.63. The maximum atomic E-state index is 13.2. The van der Waals surface area contributed by atoms with Gasteiger partial charge in [-0.05, 0) is 6.07 Å². The Morgan fingerprint density at radius 3 is 1.74 bits per heavy atom. The fraction of sp³-hybridized carbons (Fsp3) is 0.400. The molecule has 0 aliphatic rings. The average Bonchev–Trinajstić information content (AvgIpc) is 2.11. The normalized spacial score (nSPS) is 14.8. The third kappa shape index (κ3) is 3.55. The van der Waals surface area contributed by atoms with Crippen molar-refractivity contribution in [2.75, 3.05) is 0 Å². The second-order valence-electron chi connectivity index (χ2n) is 3.75. The highest BCUT2D eigenvalue weighted by molar-refractivity contribution is 5.23. The van der Waals surface area contributed by atoms with Gasteiger partial charge in [0.2, 0.25) is 0 Å². The lowest BCUT2D eigenvalue weighted by atomic mass is 9.92. The maximum absolute atomic E-state index is 13.2. The van der Waals surface area contributed by atoms with Gasteiger partial charge < -0.3 is 5.73 Å². The lowest BCUT2D eigenvalue weighted by Crippen LogP contribution is -2.44. The van der Waals surface area contributed by atoms with Crippen LogP contribution < -0.4 is 5.73 Å². The van der Waals surface area contributed by atoms with Crippen LogP contribution in [0.4, 0.5) is 35.1 Å². The summed E-state index contributed by atoms with van der Waals surface area (Å²) in [5.41, 5.74) is 3.81. The minimum absolute atomic E-state index is 0.166. The first-order valence-corrected chi connectivity index (χ1v) is 4.78. The van der Waals surface area contributed by atoms with Crippen LogP contribution in [0.1, 0.15) is 11.6 Å². The van der Waals surface area contributed by atoms with Crippen molar-refractivity contribution in [3.05, 3.63) is 35.4 Å². The van der Waals surface area contributed by atoms with Crippen molar-refractivity contribution in [3.63, 3.8) is 0 Å². The minimum Gasteiger partial charge on any atom is -0.323 e. The van der Waals surface area contributed by atoms with Gasteiger partial charge in [-0.25, -0.2) is 8.78 Å². The van der Waals surface area contributed by atoms with E-state index in [2.05, 4.69) is 0 Å². The lowest BCUT2D eigenvalue weighted by molar-refractivity contribution is -0.290. The fourth-order valence-electron chi connectivity index (χ4n) is 1.54. The molecule has 1 aromatic rings. The molecule has 108 valence electrons. The zero-order valence-corrected chi connectivity index (χ0v) is 8.99. The summed E-state index contributed by atoms with van der Waals surface area (Å²) in [4.78, 5) is 0. The van der Waals surface area contributed by atoms with Crippen LogP contribution in [0.25, 0.3) is 0 Å². The van der Waals surface area contributed by atoms with Crippen LogP contribution >= 0.6 is 0 Å². The fourth-order valence-corrected chi connectivity index (χ4v) is 1.54. The Hall–Kier alpha value is -1.38. The van der Waals surface area contributed by atoms with E-state index in [-0.39, 0.29) is 6.07 Å². The van der Waals surface area contributed by atoms with Crippen molar-refractivity contribution >= 4 is 0 Å². The van der Waals surface area contributed by atoms with Gasteiger partial charge in [-0.3, -0.25) is 0 Å². The summed E-state index contributed by atoms with van der Waals surface area (Å²) in [6, 6.07) is -1.55. The summed E-state index contributed by atoms with van der Waals surface area (Å²) in [5, 5.41) is 0. The zero-order chi connectivity index (χ0) is 15.0. The number of benzene rings is 1. The van der Waals surface area contributed by atoms with Crippen molar-refractivity contribution in [3.8, 4) is 0 Å². The van der Waals surface area contributed by atoms with Crippen molar-refractivity contribution in [1.29, 1.82) is 0 Å². The van der Waals surface area contributed by atoms with Crippen LogP contribution in [-0.4, -0.2) is 12.4 Å². The summed E-state index contributed by atoms with van der Waals surface area (Å²) in [7, 11) is 0. The van der Waals surface area contributed by atoms with E-state index in [1.54, 1.807) is 0 Å². The molecule has 1 aromatic carbocycles. The van der Waals surface area contributed by atoms with E-state index in [1.807, 2.05) is 0 Å². The van der Waals surface area contributed by atoms with E-state index in [0.29, 0.717) is 12.1 Å². The number of halogens is 8. The molecule has 0 amide bonds. The maximum Gasteiger partial charge on any atom is 0.402 e. The summed E-state index contributed by atoms with van der Waals surface area (Å²) in [6.45, 7) is 0. The molecule has 0 aromatic heterocycles. The van der Waals surface area contributed by atoms with Crippen molar-refractivity contribution in [2.45, 2.75) is 18.4 Å². The molecule has 9 heteroatoms. The average molecular weight is 293 g/mol. The summed E-state index contributed by atoms with van der Waals surface area (Å²) in [6.07, 6.45) is -11.4. The van der Waals surface area contributed by atoms with Gasteiger partial charge in [0.15, 0.2) is 5.92 Å². The number of nitrogens with two attached hydrogens (primary N) is 1. The molecule has 0 heterocycles. The van der Waals surface area contributed by atoms with E-state index in [4.69, 9.17) is 5.73 Å². The standard InChI is InChI=1S/C10H7F8N/c11-4-1-2-5(6(12)3-4)7(19)8(9(13,14)15)10(16,17)18/h1-3,7-8H,19H2. The van der Waals surface area contributed by atoms with Crippen LogP contribution in [0.5, 0.6) is 0 Å². The molecule has 0 saturated carbocycles. The molecule has 1 unspecified atom stereocenters. The molecular weight excluding hydrogens is 286 g/mol. The quantitative estimate of drug-likeness (QED) is 0.827. The highest BCUT2D eigenvalue weighted by Gasteiger charge is 2.60.